The Hall–Kier alpha value is -3.46. The van der Waals surface area contributed by atoms with Gasteiger partial charge in [0.25, 0.3) is 5.91 Å². The summed E-state index contributed by atoms with van der Waals surface area (Å²) in [7, 11) is 1.31. The molecule has 0 spiro atoms. The Morgan fingerprint density at radius 2 is 1.97 bits per heavy atom. The van der Waals surface area contributed by atoms with Crippen molar-refractivity contribution in [3.63, 3.8) is 0 Å². The second-order valence-electron chi connectivity index (χ2n) is 6.18. The summed E-state index contributed by atoms with van der Waals surface area (Å²) in [6.45, 7) is 0.229. The topological polar surface area (TPSA) is 111 Å². The second kappa shape index (κ2) is 9.16. The lowest BCUT2D eigenvalue weighted by Gasteiger charge is -2.08. The highest BCUT2D eigenvalue weighted by molar-refractivity contribution is 7.17. The molecule has 0 radical (unpaired) electrons. The van der Waals surface area contributed by atoms with E-state index in [1.807, 2.05) is 12.1 Å². The van der Waals surface area contributed by atoms with Crippen LogP contribution in [-0.4, -0.2) is 36.9 Å². The SMILES string of the molecule is COc1ccc(C(=O)NCC(=O)NCCc2csc3ccccc23)cc1[N+](=O)[O-]. The third-order valence-electron chi connectivity index (χ3n) is 4.32. The van der Waals surface area contributed by atoms with Crippen molar-refractivity contribution >= 4 is 38.9 Å². The predicted octanol–water partition coefficient (Wildman–Crippen LogP) is 2.91. The van der Waals surface area contributed by atoms with Crippen LogP contribution in [0, 0.1) is 10.1 Å². The van der Waals surface area contributed by atoms with E-state index in [-0.39, 0.29) is 29.5 Å². The average molecular weight is 413 g/mol. The zero-order valence-corrected chi connectivity index (χ0v) is 16.5. The molecule has 1 heterocycles. The van der Waals surface area contributed by atoms with Crippen LogP contribution < -0.4 is 15.4 Å². The Morgan fingerprint density at radius 1 is 1.17 bits per heavy atom. The van der Waals surface area contributed by atoms with Crippen LogP contribution in [0.1, 0.15) is 15.9 Å². The number of amides is 2. The minimum atomic E-state index is -0.629. The number of hydrogen-bond acceptors (Lipinski definition) is 6. The molecule has 0 aliphatic carbocycles. The van der Waals surface area contributed by atoms with Crippen LogP contribution in [0.2, 0.25) is 0 Å². The van der Waals surface area contributed by atoms with Gasteiger partial charge in [0.05, 0.1) is 18.6 Å². The average Bonchev–Trinajstić information content (AvgIpc) is 3.14. The molecule has 1 aromatic heterocycles. The van der Waals surface area contributed by atoms with Crippen molar-refractivity contribution in [2.24, 2.45) is 0 Å². The van der Waals surface area contributed by atoms with Gasteiger partial charge in [0, 0.05) is 22.9 Å². The van der Waals surface area contributed by atoms with E-state index < -0.39 is 10.8 Å². The first kappa shape index (κ1) is 20.3. The summed E-state index contributed by atoms with van der Waals surface area (Å²) in [6, 6.07) is 12.0. The van der Waals surface area contributed by atoms with E-state index in [4.69, 9.17) is 4.74 Å². The standard InChI is InChI=1S/C20H19N3O5S/c1-28-17-7-6-13(10-16(17)23(26)27)20(25)22-11-19(24)21-9-8-14-12-29-18-5-3-2-4-15(14)18/h2-7,10,12H,8-9,11H2,1H3,(H,21,24)(H,22,25). The molecule has 0 unspecified atom stereocenters. The van der Waals surface area contributed by atoms with Crippen molar-refractivity contribution < 1.29 is 19.2 Å². The lowest BCUT2D eigenvalue weighted by Crippen LogP contribution is -2.37. The van der Waals surface area contributed by atoms with Crippen LogP contribution in [-0.2, 0) is 11.2 Å². The van der Waals surface area contributed by atoms with Crippen LogP contribution in [0.3, 0.4) is 0 Å². The number of nitro benzene ring substituents is 1. The van der Waals surface area contributed by atoms with Gasteiger partial charge in [-0.15, -0.1) is 11.3 Å². The monoisotopic (exact) mass is 413 g/mol. The van der Waals surface area contributed by atoms with Gasteiger partial charge in [-0.3, -0.25) is 19.7 Å². The molecule has 29 heavy (non-hydrogen) atoms. The lowest BCUT2D eigenvalue weighted by atomic mass is 10.1. The van der Waals surface area contributed by atoms with Crippen LogP contribution in [0.15, 0.2) is 47.8 Å². The number of fused-ring (bicyclic) bond motifs is 1. The summed E-state index contributed by atoms with van der Waals surface area (Å²) in [4.78, 5) is 34.6. The Bertz CT molecular complexity index is 1060. The largest absolute Gasteiger partial charge is 0.490 e. The number of nitrogens with zero attached hydrogens (tertiary/aromatic N) is 1. The summed E-state index contributed by atoms with van der Waals surface area (Å²) in [5, 5.41) is 19.5. The third-order valence-corrected chi connectivity index (χ3v) is 5.34. The molecule has 0 saturated carbocycles. The zero-order chi connectivity index (χ0) is 20.8. The van der Waals surface area contributed by atoms with E-state index in [9.17, 15) is 19.7 Å². The number of carbonyl (C=O) groups excluding carboxylic acids is 2. The number of nitrogens with one attached hydrogen (secondary N) is 2. The zero-order valence-electron chi connectivity index (χ0n) is 15.6. The Kier molecular flexibility index (Phi) is 6.40. The number of ether oxygens (including phenoxy) is 1. The highest BCUT2D eigenvalue weighted by Gasteiger charge is 2.18. The van der Waals surface area contributed by atoms with Crippen LogP contribution in [0.4, 0.5) is 5.69 Å². The van der Waals surface area contributed by atoms with Crippen molar-refractivity contribution in [3.8, 4) is 5.75 Å². The van der Waals surface area contributed by atoms with Crippen LogP contribution >= 0.6 is 11.3 Å². The van der Waals surface area contributed by atoms with Gasteiger partial charge in [0.2, 0.25) is 5.91 Å². The van der Waals surface area contributed by atoms with Crippen molar-refractivity contribution in [1.82, 2.24) is 10.6 Å². The molecule has 0 fully saturated rings. The summed E-state index contributed by atoms with van der Waals surface area (Å²) >= 11 is 1.66. The molecule has 2 N–H and O–H groups in total. The van der Waals surface area contributed by atoms with E-state index in [2.05, 4.69) is 28.1 Å². The maximum atomic E-state index is 12.2. The first-order valence-electron chi connectivity index (χ1n) is 8.82. The number of nitro groups is 1. The smallest absolute Gasteiger partial charge is 0.311 e. The van der Waals surface area contributed by atoms with Gasteiger partial charge in [0.1, 0.15) is 0 Å². The number of thiophene rings is 1. The van der Waals surface area contributed by atoms with Gasteiger partial charge in [-0.05, 0) is 40.9 Å². The Morgan fingerprint density at radius 3 is 2.72 bits per heavy atom. The molecule has 0 aliphatic heterocycles. The van der Waals surface area contributed by atoms with Crippen molar-refractivity contribution in [2.75, 3.05) is 20.2 Å². The maximum Gasteiger partial charge on any atom is 0.311 e. The van der Waals surface area contributed by atoms with E-state index in [0.29, 0.717) is 13.0 Å². The highest BCUT2D eigenvalue weighted by atomic mass is 32.1. The first-order chi connectivity index (χ1) is 14.0. The highest BCUT2D eigenvalue weighted by Crippen LogP contribution is 2.27. The van der Waals surface area contributed by atoms with Crippen molar-refractivity contribution in [2.45, 2.75) is 6.42 Å². The molecule has 0 saturated heterocycles. The van der Waals surface area contributed by atoms with Gasteiger partial charge in [0.15, 0.2) is 5.75 Å². The molecule has 3 rings (SSSR count). The number of benzene rings is 2. The molecule has 150 valence electrons. The summed E-state index contributed by atoms with van der Waals surface area (Å²) in [6.07, 6.45) is 0.689. The molecule has 0 atom stereocenters. The van der Waals surface area contributed by atoms with E-state index >= 15 is 0 Å². The molecule has 9 heteroatoms. The summed E-state index contributed by atoms with van der Waals surface area (Å²) in [5.74, 6) is -0.846. The minimum Gasteiger partial charge on any atom is -0.490 e. The number of hydrogen-bond donors (Lipinski definition) is 2. The molecule has 8 nitrogen and oxygen atoms in total. The fraction of sp³-hybridized carbons (Fsp3) is 0.200. The maximum absolute atomic E-state index is 12.2. The quantitative estimate of drug-likeness (QED) is 0.436. The van der Waals surface area contributed by atoms with Gasteiger partial charge in [-0.2, -0.15) is 0 Å². The Balaban J connectivity index is 1.49. The minimum absolute atomic E-state index is 0.0604. The molecule has 2 amide bonds. The Labute approximate surface area is 170 Å². The van der Waals surface area contributed by atoms with Crippen molar-refractivity contribution in [1.29, 1.82) is 0 Å². The fourth-order valence-electron chi connectivity index (χ4n) is 2.86. The van der Waals surface area contributed by atoms with Crippen LogP contribution in [0.5, 0.6) is 5.75 Å². The predicted molar refractivity (Wildman–Crippen MR) is 111 cm³/mol. The summed E-state index contributed by atoms with van der Waals surface area (Å²) in [5.41, 5.74) is 0.933. The molecular formula is C20H19N3O5S. The van der Waals surface area contributed by atoms with E-state index in [1.165, 1.54) is 34.9 Å². The van der Waals surface area contributed by atoms with Gasteiger partial charge >= 0.3 is 5.69 Å². The number of rotatable bonds is 8. The van der Waals surface area contributed by atoms with Crippen LogP contribution in [0.25, 0.3) is 10.1 Å². The van der Waals surface area contributed by atoms with Gasteiger partial charge in [-0.1, -0.05) is 18.2 Å². The summed E-state index contributed by atoms with van der Waals surface area (Å²) < 4.78 is 6.11. The first-order valence-corrected chi connectivity index (χ1v) is 9.70. The molecule has 3 aromatic rings. The molecular weight excluding hydrogens is 394 g/mol. The van der Waals surface area contributed by atoms with Gasteiger partial charge < -0.3 is 15.4 Å². The lowest BCUT2D eigenvalue weighted by molar-refractivity contribution is -0.385. The number of methoxy groups -OCH3 is 1. The van der Waals surface area contributed by atoms with Crippen molar-refractivity contribution in [3.05, 3.63) is 69.1 Å². The second-order valence-corrected chi connectivity index (χ2v) is 7.09. The molecule has 0 bridgehead atoms. The van der Waals surface area contributed by atoms with Gasteiger partial charge in [-0.25, -0.2) is 0 Å². The molecule has 2 aromatic carbocycles. The van der Waals surface area contributed by atoms with E-state index in [1.54, 1.807) is 11.3 Å². The normalized spacial score (nSPS) is 10.5. The third kappa shape index (κ3) is 4.88. The fourth-order valence-corrected chi connectivity index (χ4v) is 3.86. The van der Waals surface area contributed by atoms with E-state index in [0.717, 1.165) is 6.07 Å². The molecule has 0 aliphatic rings. The number of carbonyl (C=O) groups is 2.